The molecule has 2 aromatic heterocycles. The Labute approximate surface area is 331 Å². The minimum Gasteiger partial charge on any atom is -0.453 e. The predicted octanol–water partition coefficient (Wildman–Crippen LogP) is 6.25. The molecule has 0 aliphatic carbocycles. The molecule has 2 heterocycles. The monoisotopic (exact) mass is 775 g/mol. The predicted molar refractivity (Wildman–Crippen MR) is 215 cm³/mol. The van der Waals surface area contributed by atoms with Gasteiger partial charge in [0.25, 0.3) is 0 Å². The molecule has 0 radical (unpaired) electrons. The van der Waals surface area contributed by atoms with Crippen LogP contribution in [0.4, 0.5) is 9.59 Å². The minimum absolute atomic E-state index is 0.127. The third-order valence-corrected chi connectivity index (χ3v) is 9.45. The van der Waals surface area contributed by atoms with Crippen molar-refractivity contribution in [1.29, 1.82) is 5.26 Å². The van der Waals surface area contributed by atoms with Gasteiger partial charge in [0, 0.05) is 18.7 Å². The van der Waals surface area contributed by atoms with Gasteiger partial charge < -0.3 is 39.9 Å². The molecule has 15 heteroatoms. The van der Waals surface area contributed by atoms with Gasteiger partial charge in [-0.05, 0) is 58.9 Å². The van der Waals surface area contributed by atoms with E-state index in [1.54, 1.807) is 24.2 Å². The maximum absolute atomic E-state index is 13.4. The molecule has 2 atom stereocenters. The van der Waals surface area contributed by atoms with Crippen molar-refractivity contribution >= 4 is 34.8 Å². The zero-order valence-corrected chi connectivity index (χ0v) is 33.1. The Morgan fingerprint density at radius 2 is 1.32 bits per heavy atom. The lowest BCUT2D eigenvalue weighted by Crippen LogP contribution is -2.51. The number of rotatable bonds is 16. The number of carbonyl (C=O) groups is 4. The number of benzene rings is 3. The van der Waals surface area contributed by atoms with E-state index in [0.29, 0.717) is 18.2 Å². The molecule has 15 nitrogen and oxygen atoms in total. The SMILES string of the molecule is CCCN(Cc1ncc(-c2ccc(-c3ccc4cc(-c5cnc(CN(CC(C)C#N)C(=O)CNC(=O)OC)[nH]5)ccc4c3)cc2)[nH]1)C(=O)C(NC(=O)OC)C(C)C. The van der Waals surface area contributed by atoms with Gasteiger partial charge in [0.15, 0.2) is 0 Å². The molecule has 2 unspecified atom stereocenters. The number of aromatic amines is 2. The van der Waals surface area contributed by atoms with Crippen LogP contribution >= 0.6 is 0 Å². The van der Waals surface area contributed by atoms with Crippen LogP contribution < -0.4 is 10.6 Å². The number of nitrogens with zero attached hydrogens (tertiary/aromatic N) is 5. The van der Waals surface area contributed by atoms with E-state index < -0.39 is 24.1 Å². The number of imidazole rings is 2. The Kier molecular flexibility index (Phi) is 14.0. The maximum Gasteiger partial charge on any atom is 0.407 e. The first-order valence-corrected chi connectivity index (χ1v) is 18.8. The summed E-state index contributed by atoms with van der Waals surface area (Å²) in [6.07, 6.45) is 2.87. The number of ether oxygens (including phenoxy) is 2. The van der Waals surface area contributed by atoms with Crippen LogP contribution in [0.2, 0.25) is 0 Å². The molecule has 4 N–H and O–H groups in total. The van der Waals surface area contributed by atoms with Gasteiger partial charge in [0.05, 0.1) is 63.1 Å². The number of amides is 4. The highest BCUT2D eigenvalue weighted by atomic mass is 16.5. The molecule has 3 aromatic carbocycles. The summed E-state index contributed by atoms with van der Waals surface area (Å²) in [6.45, 7) is 8.33. The highest BCUT2D eigenvalue weighted by molar-refractivity contribution is 5.91. The number of hydrogen-bond acceptors (Lipinski definition) is 9. The van der Waals surface area contributed by atoms with E-state index in [4.69, 9.17) is 4.74 Å². The molecule has 298 valence electrons. The van der Waals surface area contributed by atoms with Crippen molar-refractivity contribution in [1.82, 2.24) is 40.4 Å². The molecular formula is C42H49N9O6. The Morgan fingerprint density at radius 1 is 0.772 bits per heavy atom. The van der Waals surface area contributed by atoms with E-state index in [-0.39, 0.29) is 43.9 Å². The third kappa shape index (κ3) is 10.8. The summed E-state index contributed by atoms with van der Waals surface area (Å²) in [7, 11) is 2.50. The fourth-order valence-electron chi connectivity index (χ4n) is 6.37. The Bertz CT molecular complexity index is 2220. The van der Waals surface area contributed by atoms with E-state index in [0.717, 1.165) is 50.8 Å². The number of alkyl carbamates (subject to hydrolysis) is 2. The average Bonchev–Trinajstić information content (AvgIpc) is 3.90. The molecule has 5 aromatic rings. The largest absolute Gasteiger partial charge is 0.453 e. The topological polar surface area (TPSA) is 198 Å². The van der Waals surface area contributed by atoms with Crippen LogP contribution in [0.5, 0.6) is 0 Å². The van der Waals surface area contributed by atoms with Crippen molar-refractivity contribution in [2.24, 2.45) is 11.8 Å². The molecule has 0 aliphatic heterocycles. The van der Waals surface area contributed by atoms with Gasteiger partial charge in [-0.1, -0.05) is 69.3 Å². The summed E-state index contributed by atoms with van der Waals surface area (Å²) >= 11 is 0. The van der Waals surface area contributed by atoms with E-state index >= 15 is 0 Å². The summed E-state index contributed by atoms with van der Waals surface area (Å²) < 4.78 is 9.29. The molecule has 4 amide bonds. The second kappa shape index (κ2) is 19.3. The van der Waals surface area contributed by atoms with E-state index in [9.17, 15) is 24.4 Å². The second-order valence-corrected chi connectivity index (χ2v) is 14.1. The Hall–Kier alpha value is -6.69. The molecule has 0 fully saturated rings. The molecule has 0 saturated heterocycles. The van der Waals surface area contributed by atoms with Gasteiger partial charge in [-0.15, -0.1) is 0 Å². The highest BCUT2D eigenvalue weighted by Crippen LogP contribution is 2.30. The fourth-order valence-corrected chi connectivity index (χ4v) is 6.37. The number of hydrogen-bond donors (Lipinski definition) is 4. The fraction of sp³-hybridized carbons (Fsp3) is 0.357. The summed E-state index contributed by atoms with van der Waals surface area (Å²) in [5.74, 6) is 0.0988. The van der Waals surface area contributed by atoms with Gasteiger partial charge >= 0.3 is 12.2 Å². The number of nitrogens with one attached hydrogen (secondary N) is 4. The summed E-state index contributed by atoms with van der Waals surface area (Å²) in [4.78, 5) is 68.6. The third-order valence-electron chi connectivity index (χ3n) is 9.45. The van der Waals surface area contributed by atoms with Crippen LogP contribution in [0.3, 0.4) is 0 Å². The number of methoxy groups -OCH3 is 2. The number of fused-ring (bicyclic) bond motifs is 1. The van der Waals surface area contributed by atoms with Crippen molar-refractivity contribution < 1.29 is 28.7 Å². The number of nitriles is 1. The van der Waals surface area contributed by atoms with Gasteiger partial charge in [-0.25, -0.2) is 19.6 Å². The van der Waals surface area contributed by atoms with Crippen molar-refractivity contribution in [2.75, 3.05) is 33.9 Å². The summed E-state index contributed by atoms with van der Waals surface area (Å²) in [5, 5.41) is 16.5. The number of aromatic nitrogens is 4. The van der Waals surface area contributed by atoms with Crippen LogP contribution in [0.1, 0.15) is 45.8 Å². The lowest BCUT2D eigenvalue weighted by atomic mass is 9.98. The summed E-state index contributed by atoms with van der Waals surface area (Å²) in [6, 6.07) is 22.1. The first kappa shape index (κ1) is 41.5. The zero-order chi connectivity index (χ0) is 41.1. The molecule has 0 spiro atoms. The lowest BCUT2D eigenvalue weighted by Gasteiger charge is -2.28. The van der Waals surface area contributed by atoms with Crippen molar-refractivity contribution in [3.63, 3.8) is 0 Å². The van der Waals surface area contributed by atoms with Gasteiger partial charge in [-0.2, -0.15) is 5.26 Å². The average molecular weight is 776 g/mol. The number of H-pyrrole nitrogens is 2. The van der Waals surface area contributed by atoms with Crippen LogP contribution in [-0.4, -0.2) is 93.6 Å². The minimum atomic E-state index is -0.717. The normalized spacial score (nSPS) is 12.0. The van der Waals surface area contributed by atoms with Crippen molar-refractivity contribution in [3.8, 4) is 39.7 Å². The molecule has 0 aliphatic rings. The maximum atomic E-state index is 13.4. The highest BCUT2D eigenvalue weighted by Gasteiger charge is 2.29. The van der Waals surface area contributed by atoms with E-state index in [2.05, 4.69) is 83.8 Å². The lowest BCUT2D eigenvalue weighted by molar-refractivity contribution is -0.135. The van der Waals surface area contributed by atoms with Crippen LogP contribution in [0.25, 0.3) is 44.4 Å². The number of carbonyl (C=O) groups excluding carboxylic acids is 4. The van der Waals surface area contributed by atoms with Crippen LogP contribution in [-0.2, 0) is 32.2 Å². The Morgan fingerprint density at radius 3 is 1.89 bits per heavy atom. The quantitative estimate of drug-likeness (QED) is 0.0895. The van der Waals surface area contributed by atoms with E-state index in [1.807, 2.05) is 39.0 Å². The smallest absolute Gasteiger partial charge is 0.407 e. The molecule has 0 bridgehead atoms. The molecule has 5 rings (SSSR count). The van der Waals surface area contributed by atoms with E-state index in [1.165, 1.54) is 19.1 Å². The second-order valence-electron chi connectivity index (χ2n) is 14.1. The van der Waals surface area contributed by atoms with Crippen LogP contribution in [0.15, 0.2) is 73.1 Å². The molecule has 57 heavy (non-hydrogen) atoms. The molecular weight excluding hydrogens is 727 g/mol. The first-order valence-electron chi connectivity index (χ1n) is 18.8. The van der Waals surface area contributed by atoms with Gasteiger partial charge in [-0.3, -0.25) is 9.59 Å². The van der Waals surface area contributed by atoms with Gasteiger partial charge in [0.1, 0.15) is 24.2 Å². The van der Waals surface area contributed by atoms with Crippen LogP contribution in [0, 0.1) is 23.2 Å². The Balaban J connectivity index is 1.25. The van der Waals surface area contributed by atoms with Crippen molar-refractivity contribution in [3.05, 3.63) is 84.7 Å². The molecule has 0 saturated carbocycles. The van der Waals surface area contributed by atoms with Gasteiger partial charge in [0.2, 0.25) is 11.8 Å². The summed E-state index contributed by atoms with van der Waals surface area (Å²) in [5.41, 5.74) is 5.59. The van der Waals surface area contributed by atoms with Crippen molar-refractivity contribution in [2.45, 2.75) is 53.2 Å². The zero-order valence-electron chi connectivity index (χ0n) is 33.1. The first-order chi connectivity index (χ1) is 27.4. The standard InChI is InChI=1S/C42H49N9O6/c1-7-16-50(40(53)39(26(2)3)49-42(55)57-6)24-36-44-20-34(47-36)29-10-8-28(9-11-29)30-12-13-32-18-33(15-14-31(32)17-30)35-21-45-37(48-35)25-51(23-27(4)19-43)38(52)22-46-41(54)56-5/h8-15,17-18,20-21,26-27,39H,7,16,22-25H2,1-6H3,(H,44,47)(H,45,48)(H,46,54)(H,49,55).